The van der Waals surface area contributed by atoms with Gasteiger partial charge in [-0.1, -0.05) is 20.8 Å². The SMILES string of the molecule is CCCOCCOCCNC(=O)C(C)C.[HH]. The Labute approximate surface area is 93.8 Å². The van der Waals surface area contributed by atoms with Crippen molar-refractivity contribution in [2.45, 2.75) is 27.2 Å². The summed E-state index contributed by atoms with van der Waals surface area (Å²) >= 11 is 0. The zero-order valence-corrected chi connectivity index (χ0v) is 10.0. The van der Waals surface area contributed by atoms with E-state index >= 15 is 0 Å². The van der Waals surface area contributed by atoms with Gasteiger partial charge in [0.2, 0.25) is 5.91 Å². The van der Waals surface area contributed by atoms with Crippen LogP contribution < -0.4 is 5.32 Å². The van der Waals surface area contributed by atoms with Crippen molar-refractivity contribution < 1.29 is 15.7 Å². The number of ether oxygens (including phenoxy) is 2. The highest BCUT2D eigenvalue weighted by Gasteiger charge is 2.04. The Morgan fingerprint density at radius 2 is 1.80 bits per heavy atom. The number of hydrogen-bond donors (Lipinski definition) is 1. The summed E-state index contributed by atoms with van der Waals surface area (Å²) in [6.45, 7) is 8.95. The molecule has 0 spiro atoms. The third-order valence-corrected chi connectivity index (χ3v) is 1.79. The fourth-order valence-electron chi connectivity index (χ4n) is 0.917. The van der Waals surface area contributed by atoms with E-state index in [2.05, 4.69) is 12.2 Å². The molecule has 0 aliphatic carbocycles. The van der Waals surface area contributed by atoms with Gasteiger partial charge in [0, 0.05) is 20.5 Å². The molecule has 0 aliphatic rings. The van der Waals surface area contributed by atoms with Gasteiger partial charge in [0.25, 0.3) is 0 Å². The fraction of sp³-hybridized carbons (Fsp3) is 0.909. The van der Waals surface area contributed by atoms with Crippen LogP contribution in [0.1, 0.15) is 28.6 Å². The number of amides is 1. The average Bonchev–Trinajstić information content (AvgIpc) is 2.21. The summed E-state index contributed by atoms with van der Waals surface area (Å²) in [5, 5.41) is 2.78. The largest absolute Gasteiger partial charge is 0.379 e. The molecule has 0 saturated heterocycles. The van der Waals surface area contributed by atoms with Gasteiger partial charge in [-0.15, -0.1) is 0 Å². The lowest BCUT2D eigenvalue weighted by Gasteiger charge is -2.08. The van der Waals surface area contributed by atoms with Gasteiger partial charge < -0.3 is 14.8 Å². The molecule has 4 heteroatoms. The Bertz CT molecular complexity index is 165. The van der Waals surface area contributed by atoms with Crippen molar-refractivity contribution in [2.24, 2.45) is 5.92 Å². The van der Waals surface area contributed by atoms with Crippen LogP contribution in [0.2, 0.25) is 0 Å². The Balaban J connectivity index is 0. The van der Waals surface area contributed by atoms with Gasteiger partial charge in [-0.3, -0.25) is 4.79 Å². The van der Waals surface area contributed by atoms with E-state index < -0.39 is 0 Å². The molecule has 0 saturated carbocycles. The summed E-state index contributed by atoms with van der Waals surface area (Å²) in [5.74, 6) is 0.110. The zero-order valence-electron chi connectivity index (χ0n) is 10.0. The molecule has 0 rings (SSSR count). The standard InChI is InChI=1S/C11H23NO3.H2/c1-4-6-14-8-9-15-7-5-12-11(13)10(2)3;/h10H,4-9H2,1-3H3,(H,12,13);1H. The van der Waals surface area contributed by atoms with Crippen molar-refractivity contribution in [2.75, 3.05) is 33.0 Å². The molecule has 1 N–H and O–H groups in total. The van der Waals surface area contributed by atoms with E-state index in [4.69, 9.17) is 9.47 Å². The predicted octanol–water partition coefficient (Wildman–Crippen LogP) is 1.45. The van der Waals surface area contributed by atoms with E-state index in [1.54, 1.807) is 0 Å². The van der Waals surface area contributed by atoms with Gasteiger partial charge in [0.15, 0.2) is 0 Å². The summed E-state index contributed by atoms with van der Waals surface area (Å²) in [5.41, 5.74) is 0. The number of carbonyl (C=O) groups is 1. The van der Waals surface area contributed by atoms with Gasteiger partial charge in [-0.05, 0) is 6.42 Å². The molecule has 0 atom stereocenters. The average molecular weight is 219 g/mol. The third kappa shape index (κ3) is 9.69. The van der Waals surface area contributed by atoms with Crippen molar-refractivity contribution in [3.63, 3.8) is 0 Å². The van der Waals surface area contributed by atoms with E-state index in [1.165, 1.54) is 0 Å². The van der Waals surface area contributed by atoms with Crippen LogP contribution in [0.5, 0.6) is 0 Å². The smallest absolute Gasteiger partial charge is 0.222 e. The molecule has 0 fully saturated rings. The molecule has 4 nitrogen and oxygen atoms in total. The number of rotatable bonds is 9. The van der Waals surface area contributed by atoms with E-state index in [-0.39, 0.29) is 13.3 Å². The first-order valence-corrected chi connectivity index (χ1v) is 5.61. The van der Waals surface area contributed by atoms with Crippen LogP contribution in [0.4, 0.5) is 0 Å². The molecular formula is C11H25NO3. The number of hydrogen-bond acceptors (Lipinski definition) is 3. The van der Waals surface area contributed by atoms with E-state index in [9.17, 15) is 4.79 Å². The molecule has 1 amide bonds. The second-order valence-electron chi connectivity index (χ2n) is 3.67. The molecule has 0 aromatic heterocycles. The van der Waals surface area contributed by atoms with Crippen molar-refractivity contribution in [3.05, 3.63) is 0 Å². The molecule has 0 bridgehead atoms. The number of carbonyl (C=O) groups excluding carboxylic acids is 1. The van der Waals surface area contributed by atoms with Gasteiger partial charge in [0.05, 0.1) is 19.8 Å². The Morgan fingerprint density at radius 1 is 1.20 bits per heavy atom. The summed E-state index contributed by atoms with van der Waals surface area (Å²) < 4.78 is 10.5. The lowest BCUT2D eigenvalue weighted by molar-refractivity contribution is -0.124. The van der Waals surface area contributed by atoms with E-state index in [0.717, 1.165) is 13.0 Å². The summed E-state index contributed by atoms with van der Waals surface area (Å²) in [4.78, 5) is 11.1. The number of nitrogens with one attached hydrogen (secondary N) is 1. The first-order valence-electron chi connectivity index (χ1n) is 5.61. The van der Waals surface area contributed by atoms with Crippen LogP contribution in [0.3, 0.4) is 0 Å². The lowest BCUT2D eigenvalue weighted by atomic mass is 10.2. The highest BCUT2D eigenvalue weighted by atomic mass is 16.5. The summed E-state index contributed by atoms with van der Waals surface area (Å²) in [6, 6.07) is 0. The van der Waals surface area contributed by atoms with Crippen LogP contribution >= 0.6 is 0 Å². The van der Waals surface area contributed by atoms with Crippen LogP contribution in [0.25, 0.3) is 0 Å². The summed E-state index contributed by atoms with van der Waals surface area (Å²) in [6.07, 6.45) is 1.03. The molecule has 0 aliphatic heterocycles. The molecule has 0 unspecified atom stereocenters. The molecule has 0 heterocycles. The first-order chi connectivity index (χ1) is 7.18. The van der Waals surface area contributed by atoms with Crippen molar-refractivity contribution in [1.29, 1.82) is 0 Å². The van der Waals surface area contributed by atoms with Gasteiger partial charge in [-0.2, -0.15) is 0 Å². The minimum Gasteiger partial charge on any atom is -0.379 e. The van der Waals surface area contributed by atoms with Crippen molar-refractivity contribution >= 4 is 5.91 Å². The Hall–Kier alpha value is -0.610. The topological polar surface area (TPSA) is 47.6 Å². The Kier molecular flexibility index (Phi) is 9.52. The molecule has 0 radical (unpaired) electrons. The molecule has 0 aromatic carbocycles. The molecule has 92 valence electrons. The van der Waals surface area contributed by atoms with Crippen LogP contribution in [0.15, 0.2) is 0 Å². The van der Waals surface area contributed by atoms with Crippen LogP contribution in [-0.2, 0) is 14.3 Å². The van der Waals surface area contributed by atoms with Crippen LogP contribution in [0, 0.1) is 5.92 Å². The lowest BCUT2D eigenvalue weighted by Crippen LogP contribution is -2.31. The second kappa shape index (κ2) is 9.93. The van der Waals surface area contributed by atoms with Crippen molar-refractivity contribution in [1.82, 2.24) is 5.32 Å². The predicted molar refractivity (Wildman–Crippen MR) is 61.9 cm³/mol. The minimum atomic E-state index is 0. The normalized spacial score (nSPS) is 10.7. The zero-order chi connectivity index (χ0) is 11.5. The quantitative estimate of drug-likeness (QED) is 0.597. The monoisotopic (exact) mass is 219 g/mol. The van der Waals surface area contributed by atoms with Crippen LogP contribution in [-0.4, -0.2) is 38.9 Å². The van der Waals surface area contributed by atoms with Gasteiger partial charge in [-0.25, -0.2) is 0 Å². The Morgan fingerprint density at radius 3 is 2.33 bits per heavy atom. The first kappa shape index (κ1) is 14.4. The highest BCUT2D eigenvalue weighted by molar-refractivity contribution is 5.77. The second-order valence-corrected chi connectivity index (χ2v) is 3.67. The van der Waals surface area contributed by atoms with Gasteiger partial charge in [0.1, 0.15) is 0 Å². The highest BCUT2D eigenvalue weighted by Crippen LogP contribution is 1.89. The maximum Gasteiger partial charge on any atom is 0.222 e. The van der Waals surface area contributed by atoms with E-state index in [0.29, 0.717) is 26.4 Å². The minimum absolute atomic E-state index is 0. The van der Waals surface area contributed by atoms with E-state index in [1.807, 2.05) is 13.8 Å². The molecule has 15 heavy (non-hydrogen) atoms. The molecular weight excluding hydrogens is 194 g/mol. The summed E-state index contributed by atoms with van der Waals surface area (Å²) in [7, 11) is 0. The van der Waals surface area contributed by atoms with Crippen molar-refractivity contribution in [3.8, 4) is 0 Å². The third-order valence-electron chi connectivity index (χ3n) is 1.79. The fourth-order valence-corrected chi connectivity index (χ4v) is 0.917. The van der Waals surface area contributed by atoms with Gasteiger partial charge >= 0.3 is 0 Å². The maximum atomic E-state index is 11.1. The maximum absolute atomic E-state index is 11.1. The molecule has 0 aromatic rings.